The van der Waals surface area contributed by atoms with Crippen LogP contribution in [0.3, 0.4) is 0 Å². The molecule has 1 heterocycles. The highest BCUT2D eigenvalue weighted by Gasteiger charge is 2.22. The number of carbonyl (C=O) groups is 1. The van der Waals surface area contributed by atoms with Crippen LogP contribution in [0.15, 0.2) is 54.7 Å². The van der Waals surface area contributed by atoms with E-state index in [1.807, 2.05) is 53.2 Å². The van der Waals surface area contributed by atoms with Crippen molar-refractivity contribution in [2.45, 2.75) is 18.9 Å². The standard InChI is InChI=1S/C20H18Cl2N4O/c21-14-6-4-13(5-7-14)18-12-26(17-3-1-2-15(22)10-17)20(24-18)25-19(27)11-23-16-8-9-16/h1-7,10,12,16,23H,8-9,11H2,(H,24,25,27). The van der Waals surface area contributed by atoms with Crippen molar-refractivity contribution in [2.75, 3.05) is 11.9 Å². The van der Waals surface area contributed by atoms with Gasteiger partial charge in [0.2, 0.25) is 11.9 Å². The second kappa shape index (κ2) is 7.72. The number of imidazole rings is 1. The maximum absolute atomic E-state index is 12.3. The molecule has 0 spiro atoms. The van der Waals surface area contributed by atoms with E-state index in [4.69, 9.17) is 23.2 Å². The normalized spacial score (nSPS) is 13.6. The zero-order valence-electron chi connectivity index (χ0n) is 14.5. The Hall–Kier alpha value is -2.34. The monoisotopic (exact) mass is 400 g/mol. The molecule has 0 aliphatic heterocycles. The van der Waals surface area contributed by atoms with Gasteiger partial charge in [-0.3, -0.25) is 14.7 Å². The first-order chi connectivity index (χ1) is 13.1. The van der Waals surface area contributed by atoms with Crippen LogP contribution in [0.5, 0.6) is 0 Å². The summed E-state index contributed by atoms with van der Waals surface area (Å²) in [5.41, 5.74) is 2.46. The van der Waals surface area contributed by atoms with Gasteiger partial charge in [-0.25, -0.2) is 4.98 Å². The van der Waals surface area contributed by atoms with Crippen molar-refractivity contribution in [3.05, 3.63) is 64.8 Å². The molecule has 1 fully saturated rings. The Kier molecular flexibility index (Phi) is 5.16. The Balaban J connectivity index is 1.65. The summed E-state index contributed by atoms with van der Waals surface area (Å²) >= 11 is 12.1. The van der Waals surface area contributed by atoms with Crippen LogP contribution in [-0.2, 0) is 4.79 Å². The van der Waals surface area contributed by atoms with E-state index >= 15 is 0 Å². The first kappa shape index (κ1) is 18.0. The van der Waals surface area contributed by atoms with E-state index < -0.39 is 0 Å². The molecular formula is C20H18Cl2N4O. The number of rotatable bonds is 6. The molecule has 2 aromatic carbocycles. The Labute approximate surface area is 167 Å². The lowest BCUT2D eigenvalue weighted by molar-refractivity contribution is -0.115. The molecule has 0 bridgehead atoms. The molecule has 0 atom stereocenters. The van der Waals surface area contributed by atoms with Crippen molar-refractivity contribution in [1.29, 1.82) is 0 Å². The molecule has 0 radical (unpaired) electrons. The van der Waals surface area contributed by atoms with Gasteiger partial charge in [0.25, 0.3) is 0 Å². The Bertz CT molecular complexity index is 964. The van der Waals surface area contributed by atoms with Crippen LogP contribution in [-0.4, -0.2) is 28.0 Å². The van der Waals surface area contributed by atoms with Gasteiger partial charge in [-0.2, -0.15) is 0 Å². The average Bonchev–Trinajstić information content (AvgIpc) is 3.40. The molecule has 3 aromatic rings. The molecule has 7 heteroatoms. The summed E-state index contributed by atoms with van der Waals surface area (Å²) in [5.74, 6) is 0.322. The molecule has 27 heavy (non-hydrogen) atoms. The number of halogens is 2. The lowest BCUT2D eigenvalue weighted by atomic mass is 10.2. The van der Waals surface area contributed by atoms with Crippen molar-refractivity contribution in [3.8, 4) is 16.9 Å². The fourth-order valence-electron chi connectivity index (χ4n) is 2.74. The first-order valence-electron chi connectivity index (χ1n) is 8.73. The van der Waals surface area contributed by atoms with Crippen molar-refractivity contribution in [1.82, 2.24) is 14.9 Å². The zero-order valence-corrected chi connectivity index (χ0v) is 16.0. The van der Waals surface area contributed by atoms with E-state index in [2.05, 4.69) is 15.6 Å². The Morgan fingerprint density at radius 2 is 1.89 bits per heavy atom. The number of anilines is 1. The van der Waals surface area contributed by atoms with Gasteiger partial charge in [0.05, 0.1) is 12.2 Å². The predicted molar refractivity (Wildman–Crippen MR) is 109 cm³/mol. The third-order valence-electron chi connectivity index (χ3n) is 4.31. The average molecular weight is 401 g/mol. The minimum absolute atomic E-state index is 0.126. The molecule has 1 aliphatic carbocycles. The van der Waals surface area contributed by atoms with Gasteiger partial charge in [-0.15, -0.1) is 0 Å². The van der Waals surface area contributed by atoms with Crippen LogP contribution in [0.25, 0.3) is 16.9 Å². The van der Waals surface area contributed by atoms with Gasteiger partial charge < -0.3 is 5.32 Å². The fourth-order valence-corrected chi connectivity index (χ4v) is 3.05. The zero-order chi connectivity index (χ0) is 18.8. The maximum atomic E-state index is 12.3. The van der Waals surface area contributed by atoms with Gasteiger partial charge in [0, 0.05) is 33.5 Å². The van der Waals surface area contributed by atoms with Crippen LogP contribution in [0.2, 0.25) is 10.0 Å². The van der Waals surface area contributed by atoms with Gasteiger partial charge >= 0.3 is 0 Å². The Morgan fingerprint density at radius 3 is 2.59 bits per heavy atom. The van der Waals surface area contributed by atoms with Crippen LogP contribution in [0.1, 0.15) is 12.8 Å². The first-order valence-corrected chi connectivity index (χ1v) is 9.48. The number of amides is 1. The molecule has 2 N–H and O–H groups in total. The second-order valence-electron chi connectivity index (χ2n) is 6.51. The topological polar surface area (TPSA) is 59.0 Å². The minimum Gasteiger partial charge on any atom is -0.306 e. The number of benzene rings is 2. The molecule has 5 nitrogen and oxygen atoms in total. The van der Waals surface area contributed by atoms with Gasteiger partial charge in [-0.05, 0) is 43.2 Å². The molecule has 1 aliphatic rings. The maximum Gasteiger partial charge on any atom is 0.240 e. The summed E-state index contributed by atoms with van der Waals surface area (Å²) < 4.78 is 1.82. The highest BCUT2D eigenvalue weighted by Crippen LogP contribution is 2.26. The van der Waals surface area contributed by atoms with Gasteiger partial charge in [0.15, 0.2) is 0 Å². The summed E-state index contributed by atoms with van der Waals surface area (Å²) in [7, 11) is 0. The summed E-state index contributed by atoms with van der Waals surface area (Å²) in [5, 5.41) is 7.37. The minimum atomic E-state index is -0.126. The number of hydrogen-bond acceptors (Lipinski definition) is 3. The third kappa shape index (κ3) is 4.50. The number of hydrogen-bond donors (Lipinski definition) is 2. The van der Waals surface area contributed by atoms with E-state index in [0.29, 0.717) is 22.0 Å². The molecule has 0 saturated heterocycles. The van der Waals surface area contributed by atoms with Crippen molar-refractivity contribution in [3.63, 3.8) is 0 Å². The van der Waals surface area contributed by atoms with Gasteiger partial charge in [0.1, 0.15) is 0 Å². The molecule has 1 aromatic heterocycles. The summed E-state index contributed by atoms with van der Waals surface area (Å²) in [6, 6.07) is 15.3. The molecule has 1 amide bonds. The second-order valence-corrected chi connectivity index (χ2v) is 7.38. The van der Waals surface area contributed by atoms with E-state index in [1.54, 1.807) is 6.07 Å². The number of nitrogens with zero attached hydrogens (tertiary/aromatic N) is 2. The molecule has 4 rings (SSSR count). The highest BCUT2D eigenvalue weighted by atomic mass is 35.5. The van der Waals surface area contributed by atoms with Crippen molar-refractivity contribution < 1.29 is 4.79 Å². The van der Waals surface area contributed by atoms with E-state index in [-0.39, 0.29) is 12.5 Å². The smallest absolute Gasteiger partial charge is 0.240 e. The summed E-state index contributed by atoms with van der Waals surface area (Å²) in [6.07, 6.45) is 4.13. The SMILES string of the molecule is O=C(CNC1CC1)Nc1nc(-c2ccc(Cl)cc2)cn1-c1cccc(Cl)c1. The Morgan fingerprint density at radius 1 is 1.11 bits per heavy atom. The largest absolute Gasteiger partial charge is 0.306 e. The van der Waals surface area contributed by atoms with E-state index in [0.717, 1.165) is 29.8 Å². The highest BCUT2D eigenvalue weighted by molar-refractivity contribution is 6.31. The van der Waals surface area contributed by atoms with Gasteiger partial charge in [-0.1, -0.05) is 41.4 Å². The van der Waals surface area contributed by atoms with Crippen LogP contribution >= 0.6 is 23.2 Å². The third-order valence-corrected chi connectivity index (χ3v) is 4.80. The number of nitrogens with one attached hydrogen (secondary N) is 2. The lowest BCUT2D eigenvalue weighted by Crippen LogP contribution is -2.30. The number of carbonyl (C=O) groups excluding carboxylic acids is 1. The fraction of sp³-hybridized carbons (Fsp3) is 0.200. The van der Waals surface area contributed by atoms with E-state index in [1.165, 1.54) is 0 Å². The molecule has 0 unspecified atom stereocenters. The van der Waals surface area contributed by atoms with Crippen LogP contribution < -0.4 is 10.6 Å². The molecule has 1 saturated carbocycles. The van der Waals surface area contributed by atoms with Crippen LogP contribution in [0, 0.1) is 0 Å². The van der Waals surface area contributed by atoms with E-state index in [9.17, 15) is 4.79 Å². The summed E-state index contributed by atoms with van der Waals surface area (Å²) in [6.45, 7) is 0.267. The van der Waals surface area contributed by atoms with Crippen molar-refractivity contribution in [2.24, 2.45) is 0 Å². The quantitative estimate of drug-likeness (QED) is 0.638. The van der Waals surface area contributed by atoms with Crippen molar-refractivity contribution >= 4 is 35.1 Å². The lowest BCUT2D eigenvalue weighted by Gasteiger charge is -2.09. The summed E-state index contributed by atoms with van der Waals surface area (Å²) in [4.78, 5) is 16.9. The molecular weight excluding hydrogens is 383 g/mol. The number of aromatic nitrogens is 2. The van der Waals surface area contributed by atoms with Crippen LogP contribution in [0.4, 0.5) is 5.95 Å². The molecule has 138 valence electrons. The predicted octanol–water partition coefficient (Wildman–Crippen LogP) is 4.54.